The van der Waals surface area contributed by atoms with Crippen LogP contribution in [0.2, 0.25) is 0 Å². The largest absolute Gasteiger partial charge is 0.477 e. The van der Waals surface area contributed by atoms with E-state index in [0.29, 0.717) is 5.39 Å². The van der Waals surface area contributed by atoms with Crippen LogP contribution in [0.3, 0.4) is 0 Å². The van der Waals surface area contributed by atoms with Gasteiger partial charge in [0.05, 0.1) is 5.52 Å². The molecule has 1 heterocycles. The lowest BCUT2D eigenvalue weighted by Gasteiger charge is -1.98. The molecule has 0 radical (unpaired) electrons. The number of rotatable bonds is 3. The Morgan fingerprint density at radius 2 is 2.33 bits per heavy atom. The van der Waals surface area contributed by atoms with Gasteiger partial charge < -0.3 is 5.11 Å². The molecule has 1 aromatic carbocycles. The quantitative estimate of drug-likeness (QED) is 0.805. The Hall–Kier alpha value is -1.84. The second-order valence-electron chi connectivity index (χ2n) is 3.47. The van der Waals surface area contributed by atoms with Crippen LogP contribution in [0.4, 0.5) is 0 Å². The van der Waals surface area contributed by atoms with Gasteiger partial charge in [-0.15, -0.1) is 0 Å². The summed E-state index contributed by atoms with van der Waals surface area (Å²) in [6.07, 6.45) is 1.94. The highest BCUT2D eigenvalue weighted by atomic mass is 16.4. The summed E-state index contributed by atoms with van der Waals surface area (Å²) >= 11 is 0. The second kappa shape index (κ2) is 3.73. The van der Waals surface area contributed by atoms with E-state index in [4.69, 9.17) is 5.11 Å². The predicted molar refractivity (Wildman–Crippen MR) is 57.0 cm³/mol. The molecule has 2 aromatic rings. The molecular weight excluding hydrogens is 192 g/mol. The second-order valence-corrected chi connectivity index (χ2v) is 3.47. The van der Waals surface area contributed by atoms with Crippen molar-refractivity contribution < 1.29 is 9.90 Å². The van der Waals surface area contributed by atoms with Crippen molar-refractivity contribution in [2.45, 2.75) is 19.8 Å². The lowest BCUT2D eigenvalue weighted by Crippen LogP contribution is -1.96. The van der Waals surface area contributed by atoms with Gasteiger partial charge in [0.2, 0.25) is 0 Å². The molecule has 0 aliphatic heterocycles. The summed E-state index contributed by atoms with van der Waals surface area (Å²) < 4.78 is 0. The number of carbonyl (C=O) groups is 1. The minimum atomic E-state index is -0.967. The number of aromatic nitrogens is 2. The summed E-state index contributed by atoms with van der Waals surface area (Å²) in [6, 6.07) is 5.63. The molecule has 0 bridgehead atoms. The van der Waals surface area contributed by atoms with Gasteiger partial charge in [-0.2, -0.15) is 5.10 Å². The van der Waals surface area contributed by atoms with Crippen LogP contribution in [0.5, 0.6) is 0 Å². The van der Waals surface area contributed by atoms with Crippen LogP contribution in [-0.4, -0.2) is 21.3 Å². The van der Waals surface area contributed by atoms with E-state index < -0.39 is 5.97 Å². The van der Waals surface area contributed by atoms with Gasteiger partial charge in [-0.05, 0) is 12.0 Å². The van der Waals surface area contributed by atoms with Gasteiger partial charge in [0.15, 0.2) is 5.69 Å². The van der Waals surface area contributed by atoms with E-state index in [9.17, 15) is 4.79 Å². The molecule has 4 nitrogen and oxygen atoms in total. The smallest absolute Gasteiger partial charge is 0.354 e. The van der Waals surface area contributed by atoms with Crippen LogP contribution < -0.4 is 0 Å². The van der Waals surface area contributed by atoms with Gasteiger partial charge in [0.1, 0.15) is 0 Å². The minimum absolute atomic E-state index is 0.169. The maximum Gasteiger partial charge on any atom is 0.354 e. The summed E-state index contributed by atoms with van der Waals surface area (Å²) in [5, 5.41) is 16.2. The van der Waals surface area contributed by atoms with Crippen molar-refractivity contribution >= 4 is 16.9 Å². The van der Waals surface area contributed by atoms with E-state index in [0.717, 1.165) is 23.9 Å². The number of aromatic amines is 1. The standard InChI is InChI=1S/C11H12N2O2/c1-2-4-7-5-3-6-8-9(7)12-13-10(8)11(14)15/h3,5-6H,2,4H2,1H3,(H,12,13)(H,14,15). The summed E-state index contributed by atoms with van der Waals surface area (Å²) in [4.78, 5) is 10.9. The molecule has 0 spiro atoms. The molecule has 15 heavy (non-hydrogen) atoms. The number of nitrogens with one attached hydrogen (secondary N) is 1. The average molecular weight is 204 g/mol. The first-order valence-electron chi connectivity index (χ1n) is 4.93. The first-order valence-corrected chi connectivity index (χ1v) is 4.93. The van der Waals surface area contributed by atoms with Crippen molar-refractivity contribution in [3.63, 3.8) is 0 Å². The van der Waals surface area contributed by atoms with Crippen molar-refractivity contribution in [3.8, 4) is 0 Å². The van der Waals surface area contributed by atoms with Crippen molar-refractivity contribution in [2.24, 2.45) is 0 Å². The van der Waals surface area contributed by atoms with Crippen LogP contribution in [0.1, 0.15) is 29.4 Å². The Bertz CT molecular complexity index is 502. The van der Waals surface area contributed by atoms with E-state index in [2.05, 4.69) is 17.1 Å². The molecule has 0 saturated carbocycles. The first kappa shape index (κ1) is 9.71. The number of carboxylic acid groups (broad SMARTS) is 1. The summed E-state index contributed by atoms with van der Waals surface area (Å²) in [5.74, 6) is -0.967. The number of H-pyrrole nitrogens is 1. The van der Waals surface area contributed by atoms with Crippen molar-refractivity contribution in [1.82, 2.24) is 10.2 Å². The summed E-state index contributed by atoms with van der Waals surface area (Å²) in [7, 11) is 0. The Labute approximate surface area is 86.9 Å². The number of para-hydroxylation sites is 1. The number of nitrogens with zero attached hydrogens (tertiary/aromatic N) is 1. The van der Waals surface area contributed by atoms with Crippen LogP contribution in [-0.2, 0) is 6.42 Å². The van der Waals surface area contributed by atoms with E-state index in [-0.39, 0.29) is 5.69 Å². The van der Waals surface area contributed by atoms with Gasteiger partial charge in [-0.1, -0.05) is 31.5 Å². The summed E-state index contributed by atoms with van der Waals surface area (Å²) in [6.45, 7) is 2.09. The Balaban J connectivity index is 2.63. The molecule has 0 unspecified atom stereocenters. The fourth-order valence-corrected chi connectivity index (χ4v) is 1.73. The highest BCUT2D eigenvalue weighted by Crippen LogP contribution is 2.20. The third-order valence-electron chi connectivity index (χ3n) is 2.40. The van der Waals surface area contributed by atoms with Gasteiger partial charge >= 0.3 is 5.97 Å². The number of hydrogen-bond donors (Lipinski definition) is 2. The average Bonchev–Trinajstić information content (AvgIpc) is 2.62. The number of hydrogen-bond acceptors (Lipinski definition) is 2. The van der Waals surface area contributed by atoms with E-state index in [1.165, 1.54) is 0 Å². The first-order chi connectivity index (χ1) is 7.24. The van der Waals surface area contributed by atoms with E-state index in [1.807, 2.05) is 12.1 Å². The number of carboxylic acids is 1. The molecule has 0 amide bonds. The molecule has 0 fully saturated rings. The minimum Gasteiger partial charge on any atom is -0.477 e. The van der Waals surface area contributed by atoms with Crippen LogP contribution >= 0.6 is 0 Å². The molecule has 0 saturated heterocycles. The number of benzene rings is 1. The highest BCUT2D eigenvalue weighted by Gasteiger charge is 2.13. The molecule has 0 atom stereocenters. The van der Waals surface area contributed by atoms with Crippen LogP contribution in [0, 0.1) is 0 Å². The van der Waals surface area contributed by atoms with Crippen molar-refractivity contribution in [2.75, 3.05) is 0 Å². The number of fused-ring (bicyclic) bond motifs is 1. The number of aryl methyl sites for hydroxylation is 1. The Morgan fingerprint density at radius 3 is 3.00 bits per heavy atom. The van der Waals surface area contributed by atoms with E-state index >= 15 is 0 Å². The monoisotopic (exact) mass is 204 g/mol. The third-order valence-corrected chi connectivity index (χ3v) is 2.40. The maximum atomic E-state index is 10.9. The summed E-state index contributed by atoms with van der Waals surface area (Å²) in [5.41, 5.74) is 2.04. The molecular formula is C11H12N2O2. The molecule has 0 aliphatic rings. The fourth-order valence-electron chi connectivity index (χ4n) is 1.73. The fraction of sp³-hybridized carbons (Fsp3) is 0.273. The molecule has 0 aliphatic carbocycles. The van der Waals surface area contributed by atoms with E-state index in [1.54, 1.807) is 6.07 Å². The molecule has 78 valence electrons. The van der Waals surface area contributed by atoms with Gasteiger partial charge in [-0.3, -0.25) is 5.10 Å². The van der Waals surface area contributed by atoms with Crippen molar-refractivity contribution in [3.05, 3.63) is 29.5 Å². The van der Waals surface area contributed by atoms with Crippen LogP contribution in [0.15, 0.2) is 18.2 Å². The normalized spacial score (nSPS) is 10.7. The maximum absolute atomic E-state index is 10.9. The van der Waals surface area contributed by atoms with Gasteiger partial charge in [-0.25, -0.2) is 4.79 Å². The third kappa shape index (κ3) is 1.58. The lowest BCUT2D eigenvalue weighted by atomic mass is 10.1. The SMILES string of the molecule is CCCc1cccc2c(C(=O)O)[nH]nc12. The van der Waals surface area contributed by atoms with Crippen LogP contribution in [0.25, 0.3) is 10.9 Å². The topological polar surface area (TPSA) is 66.0 Å². The van der Waals surface area contributed by atoms with Crippen molar-refractivity contribution in [1.29, 1.82) is 0 Å². The molecule has 1 aromatic heterocycles. The Kier molecular flexibility index (Phi) is 2.41. The zero-order chi connectivity index (χ0) is 10.8. The Morgan fingerprint density at radius 1 is 1.53 bits per heavy atom. The number of aromatic carboxylic acids is 1. The van der Waals surface area contributed by atoms with Gasteiger partial charge in [0, 0.05) is 5.39 Å². The molecule has 2 N–H and O–H groups in total. The predicted octanol–water partition coefficient (Wildman–Crippen LogP) is 2.21. The zero-order valence-electron chi connectivity index (χ0n) is 8.45. The molecule has 4 heteroatoms. The highest BCUT2D eigenvalue weighted by molar-refractivity contribution is 6.01. The molecule has 2 rings (SSSR count). The zero-order valence-corrected chi connectivity index (χ0v) is 8.45. The van der Waals surface area contributed by atoms with Gasteiger partial charge in [0.25, 0.3) is 0 Å². The lowest BCUT2D eigenvalue weighted by molar-refractivity contribution is 0.0692.